The van der Waals surface area contributed by atoms with E-state index >= 15 is 0 Å². The van der Waals surface area contributed by atoms with Gasteiger partial charge >= 0.3 is 6.09 Å². The van der Waals surface area contributed by atoms with E-state index < -0.39 is 17.1 Å². The molecule has 0 bridgehead atoms. The normalized spacial score (nSPS) is 20.4. The van der Waals surface area contributed by atoms with Gasteiger partial charge < -0.3 is 19.7 Å². The van der Waals surface area contributed by atoms with Crippen LogP contribution in [0.2, 0.25) is 0 Å². The molecule has 2 fully saturated rings. The second-order valence-corrected chi connectivity index (χ2v) is 10.2. The highest BCUT2D eigenvalue weighted by atomic mass is 16.6. The second kappa shape index (κ2) is 9.63. The summed E-state index contributed by atoms with van der Waals surface area (Å²) in [6.07, 6.45) is 5.86. The summed E-state index contributed by atoms with van der Waals surface area (Å²) in [6.45, 7) is 9.54. The molecular weight excluding hydrogens is 432 g/mol. The molecule has 182 valence electrons. The maximum absolute atomic E-state index is 12.7. The number of carbonyl (C=O) groups excluding carboxylic acids is 1. The zero-order chi connectivity index (χ0) is 24.3. The minimum absolute atomic E-state index is 0.168. The topological polar surface area (TPSA) is 105 Å². The van der Waals surface area contributed by atoms with E-state index in [0.717, 1.165) is 50.0 Å². The van der Waals surface area contributed by atoms with Gasteiger partial charge in [-0.1, -0.05) is 19.3 Å². The first-order valence-corrected chi connectivity index (χ1v) is 12.0. The van der Waals surface area contributed by atoms with E-state index in [4.69, 9.17) is 14.5 Å². The summed E-state index contributed by atoms with van der Waals surface area (Å²) in [5, 5.41) is 17.6. The first-order valence-electron chi connectivity index (χ1n) is 12.0. The Labute approximate surface area is 201 Å². The summed E-state index contributed by atoms with van der Waals surface area (Å²) in [5.41, 5.74) is -0.213. The lowest BCUT2D eigenvalue weighted by Gasteiger charge is -2.36. The van der Waals surface area contributed by atoms with Crippen LogP contribution in [0.5, 0.6) is 0 Å². The molecule has 1 N–H and O–H groups in total. The van der Waals surface area contributed by atoms with Crippen molar-refractivity contribution in [1.29, 1.82) is 5.26 Å². The van der Waals surface area contributed by atoms with Crippen LogP contribution in [-0.2, 0) is 14.9 Å². The Morgan fingerprint density at radius 1 is 1.29 bits per heavy atom. The van der Waals surface area contributed by atoms with Gasteiger partial charge in [0.15, 0.2) is 0 Å². The molecule has 34 heavy (non-hydrogen) atoms. The first-order chi connectivity index (χ1) is 16.2. The van der Waals surface area contributed by atoms with Crippen LogP contribution in [0.3, 0.4) is 0 Å². The third-order valence-electron chi connectivity index (χ3n) is 6.41. The molecule has 0 aromatic carbocycles. The van der Waals surface area contributed by atoms with Crippen LogP contribution in [0, 0.1) is 11.3 Å². The summed E-state index contributed by atoms with van der Waals surface area (Å²) in [6, 6.07) is 8.50. The summed E-state index contributed by atoms with van der Waals surface area (Å²) in [7, 11) is 0. The smallest absolute Gasteiger partial charge is 0.437 e. The highest BCUT2D eigenvalue weighted by Gasteiger charge is 2.35. The van der Waals surface area contributed by atoms with Crippen LogP contribution < -0.4 is 10.2 Å². The molecule has 4 rings (SSSR count). The fraction of sp³-hybridized carbons (Fsp3) is 0.600. The van der Waals surface area contributed by atoms with E-state index in [9.17, 15) is 10.1 Å². The summed E-state index contributed by atoms with van der Waals surface area (Å²) in [5.74, 6) is 1.82. The minimum atomic E-state index is -0.641. The number of nitriles is 1. The molecule has 1 saturated carbocycles. The van der Waals surface area contributed by atoms with Crippen molar-refractivity contribution >= 4 is 23.5 Å². The van der Waals surface area contributed by atoms with E-state index in [1.54, 1.807) is 12.3 Å². The molecule has 9 heteroatoms. The lowest BCUT2D eigenvalue weighted by Crippen LogP contribution is -2.44. The van der Waals surface area contributed by atoms with Gasteiger partial charge in [0.2, 0.25) is 0 Å². The maximum atomic E-state index is 12.7. The fourth-order valence-electron chi connectivity index (χ4n) is 4.67. The van der Waals surface area contributed by atoms with E-state index in [1.807, 2.05) is 26.8 Å². The fourth-order valence-corrected chi connectivity index (χ4v) is 4.67. The van der Waals surface area contributed by atoms with Crippen molar-refractivity contribution in [1.82, 2.24) is 14.8 Å². The monoisotopic (exact) mass is 466 g/mol. The van der Waals surface area contributed by atoms with Crippen molar-refractivity contribution in [3.05, 3.63) is 30.0 Å². The third kappa shape index (κ3) is 5.17. The molecule has 1 aliphatic carbocycles. The largest absolute Gasteiger partial charge is 0.442 e. The number of anilines is 3. The lowest BCUT2D eigenvalue weighted by atomic mass is 9.70. The molecule has 2 aromatic heterocycles. The van der Waals surface area contributed by atoms with Crippen molar-refractivity contribution in [3.63, 3.8) is 0 Å². The van der Waals surface area contributed by atoms with Crippen molar-refractivity contribution in [2.45, 2.75) is 76.9 Å². The number of morpholine rings is 1. The van der Waals surface area contributed by atoms with Gasteiger partial charge in [-0.05, 0) is 58.2 Å². The Bertz CT molecular complexity index is 1060. The molecule has 1 unspecified atom stereocenters. The molecule has 2 aromatic rings. The number of hydrogen-bond acceptors (Lipinski definition) is 8. The standard InChI is InChI=1S/C25H34N6O3/c1-18-16-33-13-12-30(18)22-15-19(25(17-26)9-6-5-7-10-25)14-20(29-22)28-21-8-11-27-31(21)23(32)34-24(2,3)4/h8,11,14-15,18H,5-7,9-10,12-13,16H2,1-4H3,(H,28,29). The summed E-state index contributed by atoms with van der Waals surface area (Å²) in [4.78, 5) is 19.7. The van der Waals surface area contributed by atoms with Crippen LogP contribution in [-0.4, -0.2) is 52.3 Å². The van der Waals surface area contributed by atoms with Crippen LogP contribution in [0.25, 0.3) is 0 Å². The summed E-state index contributed by atoms with van der Waals surface area (Å²) >= 11 is 0. The van der Waals surface area contributed by atoms with Crippen molar-refractivity contribution < 1.29 is 14.3 Å². The van der Waals surface area contributed by atoms with Gasteiger partial charge in [-0.25, -0.2) is 9.78 Å². The molecular formula is C25H34N6O3. The van der Waals surface area contributed by atoms with Gasteiger partial charge in [-0.3, -0.25) is 0 Å². The first kappa shape index (κ1) is 24.0. The van der Waals surface area contributed by atoms with Crippen LogP contribution in [0.4, 0.5) is 22.2 Å². The lowest BCUT2D eigenvalue weighted by molar-refractivity contribution is 0.0519. The molecule has 0 amide bonds. The van der Waals surface area contributed by atoms with Crippen LogP contribution in [0.15, 0.2) is 24.4 Å². The number of aromatic nitrogens is 3. The van der Waals surface area contributed by atoms with Crippen molar-refractivity contribution in [2.75, 3.05) is 30.0 Å². The van der Waals surface area contributed by atoms with Crippen molar-refractivity contribution in [2.24, 2.45) is 0 Å². The second-order valence-electron chi connectivity index (χ2n) is 10.2. The summed E-state index contributed by atoms with van der Waals surface area (Å²) < 4.78 is 12.3. The molecule has 0 spiro atoms. The Morgan fingerprint density at radius 3 is 2.74 bits per heavy atom. The maximum Gasteiger partial charge on any atom is 0.437 e. The average Bonchev–Trinajstić information content (AvgIpc) is 3.27. The number of rotatable bonds is 4. The molecule has 1 aliphatic heterocycles. The van der Waals surface area contributed by atoms with Gasteiger partial charge in [0, 0.05) is 12.6 Å². The van der Waals surface area contributed by atoms with Crippen LogP contribution >= 0.6 is 0 Å². The molecule has 9 nitrogen and oxygen atoms in total. The number of pyridine rings is 1. The number of ether oxygens (including phenoxy) is 2. The molecule has 3 heterocycles. The Balaban J connectivity index is 1.72. The van der Waals surface area contributed by atoms with Crippen molar-refractivity contribution in [3.8, 4) is 6.07 Å². The Kier molecular flexibility index (Phi) is 6.80. The van der Waals surface area contributed by atoms with Gasteiger partial charge in [0.1, 0.15) is 23.1 Å². The van der Waals surface area contributed by atoms with Gasteiger partial charge in [0.25, 0.3) is 0 Å². The predicted molar refractivity (Wildman–Crippen MR) is 129 cm³/mol. The SMILES string of the molecule is CC1COCCN1c1cc(C2(C#N)CCCCC2)cc(Nc2ccnn2C(=O)OC(C)(C)C)n1. The van der Waals surface area contributed by atoms with Gasteiger partial charge in [-0.15, -0.1) is 4.68 Å². The number of hydrogen-bond donors (Lipinski definition) is 1. The van der Waals surface area contributed by atoms with E-state index in [2.05, 4.69) is 34.4 Å². The highest BCUT2D eigenvalue weighted by molar-refractivity contribution is 5.75. The highest BCUT2D eigenvalue weighted by Crippen LogP contribution is 2.41. The van der Waals surface area contributed by atoms with E-state index in [1.165, 1.54) is 4.68 Å². The zero-order valence-corrected chi connectivity index (χ0v) is 20.5. The minimum Gasteiger partial charge on any atom is -0.442 e. The van der Waals surface area contributed by atoms with Crippen LogP contribution in [0.1, 0.15) is 65.4 Å². The quantitative estimate of drug-likeness (QED) is 0.688. The molecule has 1 atom stereocenters. The number of nitrogens with zero attached hydrogens (tertiary/aromatic N) is 5. The van der Waals surface area contributed by atoms with E-state index in [-0.39, 0.29) is 6.04 Å². The van der Waals surface area contributed by atoms with E-state index in [0.29, 0.717) is 24.8 Å². The molecule has 1 saturated heterocycles. The average molecular weight is 467 g/mol. The molecule has 0 radical (unpaired) electrons. The predicted octanol–water partition coefficient (Wildman–Crippen LogP) is 4.76. The van der Waals surface area contributed by atoms with Gasteiger partial charge in [-0.2, -0.15) is 10.4 Å². The molecule has 2 aliphatic rings. The number of carbonyl (C=O) groups is 1. The number of nitrogens with one attached hydrogen (secondary N) is 1. The zero-order valence-electron chi connectivity index (χ0n) is 20.5. The third-order valence-corrected chi connectivity index (χ3v) is 6.41. The Morgan fingerprint density at radius 2 is 2.06 bits per heavy atom. The van der Waals surface area contributed by atoms with Gasteiger partial charge in [0.05, 0.1) is 36.9 Å². The Hall–Kier alpha value is -3.12.